The van der Waals surface area contributed by atoms with E-state index in [2.05, 4.69) is 4.99 Å². The molecule has 0 bridgehead atoms. The lowest BCUT2D eigenvalue weighted by Gasteiger charge is -2.33. The normalized spacial score (nSPS) is 42.6. The number of hydrogen-bond acceptors (Lipinski definition) is 7. The van der Waals surface area contributed by atoms with Crippen LogP contribution in [0.3, 0.4) is 0 Å². The van der Waals surface area contributed by atoms with Crippen molar-refractivity contribution in [3.05, 3.63) is 12.3 Å². The van der Waals surface area contributed by atoms with Crippen molar-refractivity contribution in [1.82, 2.24) is 4.90 Å². The molecule has 2 rings (SSSR count). The van der Waals surface area contributed by atoms with E-state index in [9.17, 15) is 19.7 Å². The van der Waals surface area contributed by atoms with Crippen LogP contribution in [0.4, 0.5) is 4.39 Å². The second-order valence-electron chi connectivity index (χ2n) is 4.42. The van der Waals surface area contributed by atoms with Crippen LogP contribution in [0.2, 0.25) is 0 Å². The van der Waals surface area contributed by atoms with Crippen LogP contribution in [-0.2, 0) is 4.74 Å². The zero-order valence-electron chi connectivity index (χ0n) is 9.86. The van der Waals surface area contributed by atoms with Gasteiger partial charge in [-0.05, 0) is 6.08 Å². The fraction of sp³-hybridized carbons (Fsp3) is 0.700. The van der Waals surface area contributed by atoms with Crippen molar-refractivity contribution in [2.75, 3.05) is 12.5 Å². The second kappa shape index (κ2) is 5.22. The highest BCUT2D eigenvalue weighted by atomic mass is 35.5. The summed E-state index contributed by atoms with van der Waals surface area (Å²) in [5, 5.41) is 28.8. The summed E-state index contributed by atoms with van der Waals surface area (Å²) in [6.45, 7) is -0.645. The van der Waals surface area contributed by atoms with Crippen LogP contribution in [0.15, 0.2) is 17.3 Å². The first kappa shape index (κ1) is 14.5. The highest BCUT2D eigenvalue weighted by molar-refractivity contribution is 6.18. The van der Waals surface area contributed by atoms with Crippen molar-refractivity contribution < 1.29 is 24.4 Å². The molecule has 0 spiro atoms. The Morgan fingerprint density at radius 1 is 1.58 bits per heavy atom. The molecule has 2 aliphatic rings. The van der Waals surface area contributed by atoms with Crippen LogP contribution in [0.5, 0.6) is 0 Å². The Morgan fingerprint density at radius 2 is 2.26 bits per heavy atom. The summed E-state index contributed by atoms with van der Waals surface area (Å²) < 4.78 is 19.4. The van der Waals surface area contributed by atoms with Gasteiger partial charge in [0.15, 0.2) is 12.4 Å². The topological polar surface area (TPSA) is 112 Å². The highest BCUT2D eigenvalue weighted by Gasteiger charge is 2.56. The lowest BCUT2D eigenvalue weighted by atomic mass is 9.99. The average Bonchev–Trinajstić information content (AvgIpc) is 2.64. The van der Waals surface area contributed by atoms with E-state index in [0.717, 1.165) is 4.90 Å². The van der Waals surface area contributed by atoms with E-state index in [1.807, 2.05) is 0 Å². The highest BCUT2D eigenvalue weighted by Crippen LogP contribution is 2.36. The Morgan fingerprint density at radius 3 is 2.74 bits per heavy atom. The van der Waals surface area contributed by atoms with E-state index in [1.165, 1.54) is 12.3 Å². The maximum atomic E-state index is 14.1. The number of hydrogen-bond donors (Lipinski definition) is 4. The Bertz CT molecular complexity index is 404. The Balaban J connectivity index is 2.21. The third kappa shape index (κ3) is 2.30. The molecule has 7 nitrogen and oxygen atoms in total. The molecule has 0 amide bonds. The first-order valence-electron chi connectivity index (χ1n) is 5.59. The largest absolute Gasteiger partial charge is 0.393 e. The third-order valence-corrected chi connectivity index (χ3v) is 3.66. The molecule has 9 heteroatoms. The molecule has 5 N–H and O–H groups in total. The molecule has 0 radical (unpaired) electrons. The Hall–Kier alpha value is -0.930. The zero-order chi connectivity index (χ0) is 14.2. The minimum Gasteiger partial charge on any atom is -0.393 e. The number of ether oxygens (including phenoxy) is 1. The monoisotopic (exact) mass is 295 g/mol. The third-order valence-electron chi connectivity index (χ3n) is 3.20. The van der Waals surface area contributed by atoms with Gasteiger partial charge >= 0.3 is 0 Å². The summed E-state index contributed by atoms with van der Waals surface area (Å²) in [6.07, 6.45) is -3.55. The minimum atomic E-state index is -1.86. The van der Waals surface area contributed by atoms with Gasteiger partial charge in [-0.15, -0.1) is 11.6 Å². The van der Waals surface area contributed by atoms with Crippen molar-refractivity contribution in [3.63, 3.8) is 0 Å². The number of halogens is 2. The van der Waals surface area contributed by atoms with E-state index in [-0.39, 0.29) is 11.7 Å². The summed E-state index contributed by atoms with van der Waals surface area (Å²) in [7, 11) is 0. The summed E-state index contributed by atoms with van der Waals surface area (Å²) >= 11 is 5.63. The number of rotatable bonds is 3. The number of aliphatic hydroxyl groups excluding tert-OH is 3. The van der Waals surface area contributed by atoms with Crippen LogP contribution in [0, 0.1) is 0 Å². The summed E-state index contributed by atoms with van der Waals surface area (Å²) in [5.41, 5.74) is 3.78. The molecule has 1 fully saturated rings. The smallest absolute Gasteiger partial charge is 0.229 e. The SMILES string of the molecule is NC1=NC(O)N([C@@H]2O[C@@](CO)(CCl)[C@@H](O)[C@H]2F)C=C1. The molecule has 0 saturated carbocycles. The Kier molecular flexibility index (Phi) is 3.98. The van der Waals surface area contributed by atoms with E-state index >= 15 is 0 Å². The standard InChI is InChI=1S/C10H15ClFN3O4/c11-3-10(4-16)7(17)6(12)8(19-10)15-2-1-5(13)14-9(15)18/h1-2,6-9,16-18H,3-4H2,(H2,13,14)/t6-,7+,8-,9?,10-/m1/s1. The van der Waals surface area contributed by atoms with Crippen LogP contribution in [0.1, 0.15) is 0 Å². The van der Waals surface area contributed by atoms with E-state index in [4.69, 9.17) is 22.1 Å². The zero-order valence-corrected chi connectivity index (χ0v) is 10.6. The van der Waals surface area contributed by atoms with Gasteiger partial charge in [0, 0.05) is 6.20 Å². The van der Waals surface area contributed by atoms with Crippen LogP contribution in [0.25, 0.3) is 0 Å². The van der Waals surface area contributed by atoms with Crippen molar-refractivity contribution in [2.24, 2.45) is 10.7 Å². The molecule has 1 unspecified atom stereocenters. The van der Waals surface area contributed by atoms with Crippen molar-refractivity contribution in [2.45, 2.75) is 30.5 Å². The van der Waals surface area contributed by atoms with Gasteiger partial charge in [-0.25, -0.2) is 9.38 Å². The van der Waals surface area contributed by atoms with Gasteiger partial charge in [-0.2, -0.15) is 0 Å². The molecule has 0 aromatic carbocycles. The molecule has 19 heavy (non-hydrogen) atoms. The van der Waals surface area contributed by atoms with Gasteiger partial charge < -0.3 is 30.7 Å². The Labute approximate surface area is 113 Å². The van der Waals surface area contributed by atoms with Gasteiger partial charge in [-0.3, -0.25) is 0 Å². The molecule has 1 saturated heterocycles. The number of amidine groups is 1. The predicted octanol–water partition coefficient (Wildman–Crippen LogP) is -1.53. The summed E-state index contributed by atoms with van der Waals surface area (Å²) in [5.74, 6) is -0.204. The fourth-order valence-corrected chi connectivity index (χ4v) is 2.33. The first-order valence-corrected chi connectivity index (χ1v) is 6.12. The molecular weight excluding hydrogens is 281 g/mol. The van der Waals surface area contributed by atoms with Gasteiger partial charge in [-0.1, -0.05) is 0 Å². The first-order chi connectivity index (χ1) is 8.95. The average molecular weight is 296 g/mol. The maximum absolute atomic E-state index is 14.1. The number of aliphatic hydroxyl groups is 3. The van der Waals surface area contributed by atoms with E-state index in [0.29, 0.717) is 0 Å². The molecule has 2 aliphatic heterocycles. The van der Waals surface area contributed by atoms with Crippen LogP contribution >= 0.6 is 11.6 Å². The summed E-state index contributed by atoms with van der Waals surface area (Å²) in [4.78, 5) is 4.68. The molecule has 5 atom stereocenters. The quantitative estimate of drug-likeness (QED) is 0.470. The molecule has 0 aromatic rings. The van der Waals surface area contributed by atoms with Gasteiger partial charge in [0.05, 0.1) is 12.5 Å². The van der Waals surface area contributed by atoms with E-state index < -0.39 is 37.1 Å². The number of nitrogens with zero attached hydrogens (tertiary/aromatic N) is 2. The number of aliphatic imine (C=N–C) groups is 1. The van der Waals surface area contributed by atoms with Gasteiger partial charge in [0.2, 0.25) is 6.35 Å². The fourth-order valence-electron chi connectivity index (χ4n) is 2.03. The number of nitrogens with two attached hydrogens (primary N) is 1. The number of alkyl halides is 2. The molecule has 0 aliphatic carbocycles. The lowest BCUT2D eigenvalue weighted by Crippen LogP contribution is -2.47. The van der Waals surface area contributed by atoms with Crippen LogP contribution in [-0.4, -0.2) is 69.0 Å². The van der Waals surface area contributed by atoms with E-state index in [1.54, 1.807) is 0 Å². The van der Waals surface area contributed by atoms with Crippen LogP contribution < -0.4 is 5.73 Å². The molecular formula is C10H15ClFN3O4. The predicted molar refractivity (Wildman–Crippen MR) is 64.9 cm³/mol. The van der Waals surface area contributed by atoms with Crippen molar-refractivity contribution in [1.29, 1.82) is 0 Å². The molecule has 108 valence electrons. The van der Waals surface area contributed by atoms with Crippen molar-refractivity contribution in [3.8, 4) is 0 Å². The van der Waals surface area contributed by atoms with Gasteiger partial charge in [0.25, 0.3) is 0 Å². The minimum absolute atomic E-state index is 0.0865. The van der Waals surface area contributed by atoms with Crippen molar-refractivity contribution >= 4 is 17.4 Å². The summed E-state index contributed by atoms with van der Waals surface area (Å²) in [6, 6.07) is 0. The van der Waals surface area contributed by atoms with Gasteiger partial charge in [0.1, 0.15) is 17.5 Å². The maximum Gasteiger partial charge on any atom is 0.229 e. The molecule has 2 heterocycles. The lowest BCUT2D eigenvalue weighted by molar-refractivity contribution is -0.154. The molecule has 0 aromatic heterocycles. The second-order valence-corrected chi connectivity index (χ2v) is 4.68.